The van der Waals surface area contributed by atoms with Crippen LogP contribution in [0.15, 0.2) is 64.8 Å². The zero-order valence-electron chi connectivity index (χ0n) is 14.3. The van der Waals surface area contributed by atoms with Gasteiger partial charge in [-0.05, 0) is 57.0 Å². The molecule has 24 heavy (non-hydrogen) atoms. The monoisotopic (exact) mass is 357 g/mol. The maximum atomic E-state index is 10.7. The summed E-state index contributed by atoms with van der Waals surface area (Å²) in [5, 5.41) is 10.7. The van der Waals surface area contributed by atoms with Crippen molar-refractivity contribution < 1.29 is 9.68 Å². The first-order chi connectivity index (χ1) is 11.5. The summed E-state index contributed by atoms with van der Waals surface area (Å²) < 4.78 is 2.07. The van der Waals surface area contributed by atoms with Crippen LogP contribution in [0.4, 0.5) is 5.69 Å². The average Bonchev–Trinajstić information content (AvgIpc) is 2.96. The second-order valence-electron chi connectivity index (χ2n) is 6.06. The van der Waals surface area contributed by atoms with E-state index < -0.39 is 0 Å². The molecule has 0 aromatic heterocycles. The summed E-state index contributed by atoms with van der Waals surface area (Å²) in [5.74, 6) is 0.375. The predicted molar refractivity (Wildman–Crippen MR) is 108 cm³/mol. The highest BCUT2D eigenvalue weighted by atomic mass is 33.1. The lowest BCUT2D eigenvalue weighted by Gasteiger charge is -2.12. The summed E-state index contributed by atoms with van der Waals surface area (Å²) in [6, 6.07) is 8.27. The molecule has 5 heteroatoms. The average molecular weight is 358 g/mol. The molecule has 1 aliphatic carbocycles. The molecule has 1 N–H and O–H groups in total. The first kappa shape index (κ1) is 17.0. The molecule has 124 valence electrons. The summed E-state index contributed by atoms with van der Waals surface area (Å²) in [4.78, 5) is 3.92. The Morgan fingerprint density at radius 2 is 1.46 bits per heavy atom. The highest BCUT2D eigenvalue weighted by Crippen LogP contribution is 2.54. The van der Waals surface area contributed by atoms with Gasteiger partial charge >= 0.3 is 0 Å². The number of aliphatic hydroxyl groups is 1. The third-order valence-electron chi connectivity index (χ3n) is 3.93. The highest BCUT2D eigenvalue weighted by molar-refractivity contribution is 8.82. The first-order valence-corrected chi connectivity index (χ1v) is 9.83. The van der Waals surface area contributed by atoms with Crippen LogP contribution in [0.2, 0.25) is 0 Å². The van der Waals surface area contributed by atoms with Gasteiger partial charge in [0, 0.05) is 31.9 Å². The molecule has 0 unspecified atom stereocenters. The van der Waals surface area contributed by atoms with E-state index in [2.05, 4.69) is 58.0 Å². The van der Waals surface area contributed by atoms with Gasteiger partial charge in [-0.3, -0.25) is 0 Å². The van der Waals surface area contributed by atoms with Crippen molar-refractivity contribution in [2.24, 2.45) is 0 Å². The molecule has 2 aliphatic rings. The molecule has 0 spiro atoms. The number of anilines is 1. The number of allylic oxidation sites excluding steroid dienone is 5. The Bertz CT molecular complexity index is 790. The number of benzene rings is 1. The molecule has 3 nitrogen and oxygen atoms in total. The van der Waals surface area contributed by atoms with Gasteiger partial charge in [-0.25, -0.2) is 4.58 Å². The van der Waals surface area contributed by atoms with E-state index >= 15 is 0 Å². The minimum Gasteiger partial charge on any atom is -0.505 e. The lowest BCUT2D eigenvalue weighted by atomic mass is 10.1. The predicted octanol–water partition coefficient (Wildman–Crippen LogP) is 4.47. The quantitative estimate of drug-likeness (QED) is 0.624. The third kappa shape index (κ3) is 3.32. The van der Waals surface area contributed by atoms with Crippen molar-refractivity contribution in [3.63, 3.8) is 0 Å². The molecule has 1 aromatic carbocycles. The van der Waals surface area contributed by atoms with Gasteiger partial charge in [-0.15, -0.1) is 0 Å². The fourth-order valence-corrected chi connectivity index (χ4v) is 5.07. The molecule has 1 aromatic rings. The Morgan fingerprint density at radius 1 is 0.875 bits per heavy atom. The minimum atomic E-state index is 0.375. The smallest absolute Gasteiger partial charge is 0.199 e. The Kier molecular flexibility index (Phi) is 4.92. The molecule has 0 saturated carbocycles. The van der Waals surface area contributed by atoms with Crippen molar-refractivity contribution in [3.05, 3.63) is 70.4 Å². The molecule has 0 radical (unpaired) electrons. The molecule has 0 atom stereocenters. The van der Waals surface area contributed by atoms with Crippen LogP contribution >= 0.6 is 21.6 Å². The van der Waals surface area contributed by atoms with E-state index in [1.807, 2.05) is 28.2 Å². The number of rotatable bonds is 2. The zero-order valence-corrected chi connectivity index (χ0v) is 15.9. The Balaban J connectivity index is 1.93. The van der Waals surface area contributed by atoms with Crippen molar-refractivity contribution in [2.75, 3.05) is 33.1 Å². The van der Waals surface area contributed by atoms with Crippen molar-refractivity contribution >= 4 is 37.9 Å². The second kappa shape index (κ2) is 6.95. The fourth-order valence-electron chi connectivity index (χ4n) is 2.46. The summed E-state index contributed by atoms with van der Waals surface area (Å²) in [5.41, 5.74) is 4.40. The van der Waals surface area contributed by atoms with Gasteiger partial charge in [-0.2, -0.15) is 0 Å². The van der Waals surface area contributed by atoms with E-state index in [1.165, 1.54) is 0 Å². The first-order valence-electron chi connectivity index (χ1n) is 7.68. The van der Waals surface area contributed by atoms with Gasteiger partial charge in [0.1, 0.15) is 19.9 Å². The van der Waals surface area contributed by atoms with Crippen molar-refractivity contribution in [2.45, 2.75) is 0 Å². The molecular formula is C19H21N2OS2+. The normalized spacial score (nSPS) is 17.1. The lowest BCUT2D eigenvalue weighted by Crippen LogP contribution is -2.09. The maximum Gasteiger partial charge on any atom is 0.199 e. The van der Waals surface area contributed by atoms with Crippen LogP contribution in [-0.4, -0.2) is 43.6 Å². The van der Waals surface area contributed by atoms with Gasteiger partial charge in [0.25, 0.3) is 0 Å². The molecule has 3 rings (SSSR count). The minimum absolute atomic E-state index is 0.375. The van der Waals surface area contributed by atoms with Gasteiger partial charge in [0.2, 0.25) is 0 Å². The van der Waals surface area contributed by atoms with E-state index in [0.29, 0.717) is 5.76 Å². The topological polar surface area (TPSA) is 26.5 Å². The number of hydrogen-bond donors (Lipinski definition) is 1. The summed E-state index contributed by atoms with van der Waals surface area (Å²) in [7, 11) is 11.3. The Labute approximate surface area is 151 Å². The largest absolute Gasteiger partial charge is 0.505 e. The van der Waals surface area contributed by atoms with Gasteiger partial charge < -0.3 is 10.0 Å². The molecule has 1 heterocycles. The molecule has 0 saturated heterocycles. The van der Waals surface area contributed by atoms with Crippen molar-refractivity contribution in [3.8, 4) is 0 Å². The molecule has 1 aliphatic heterocycles. The fraction of sp³-hybridized carbons (Fsp3) is 0.211. The molecule has 0 bridgehead atoms. The Hall–Kier alpha value is -1.85. The number of hydrogen-bond acceptors (Lipinski definition) is 4. The van der Waals surface area contributed by atoms with Crippen LogP contribution in [0.25, 0.3) is 4.91 Å². The van der Waals surface area contributed by atoms with Crippen LogP contribution in [0, 0.1) is 0 Å². The van der Waals surface area contributed by atoms with E-state index in [9.17, 15) is 5.11 Å². The maximum absolute atomic E-state index is 10.7. The van der Waals surface area contributed by atoms with E-state index in [1.54, 1.807) is 21.6 Å². The summed E-state index contributed by atoms with van der Waals surface area (Å²) in [6.45, 7) is 0. The number of nitrogens with zero attached hydrogens (tertiary/aromatic N) is 2. The highest BCUT2D eigenvalue weighted by Gasteiger charge is 2.25. The SMILES string of the molecule is CN(C)c1ccc(C2=C(O)C(=C3C=CC(=[N+](C)C)C=C3)SS2)cc1. The van der Waals surface area contributed by atoms with E-state index in [4.69, 9.17) is 0 Å². The van der Waals surface area contributed by atoms with Crippen molar-refractivity contribution in [1.82, 2.24) is 0 Å². The van der Waals surface area contributed by atoms with Crippen LogP contribution in [0.5, 0.6) is 0 Å². The van der Waals surface area contributed by atoms with E-state index in [0.717, 1.165) is 32.3 Å². The van der Waals surface area contributed by atoms with Crippen LogP contribution in [0.3, 0.4) is 0 Å². The molecular weight excluding hydrogens is 336 g/mol. The van der Waals surface area contributed by atoms with E-state index in [-0.39, 0.29) is 0 Å². The summed E-state index contributed by atoms with van der Waals surface area (Å²) >= 11 is 0. The second-order valence-corrected chi connectivity index (χ2v) is 8.21. The summed E-state index contributed by atoms with van der Waals surface area (Å²) in [6.07, 6.45) is 8.27. The standard InChI is InChI=1S/C19H20N2OS2/c1-20(2)15-9-5-13(6-10-15)18-17(22)19(24-23-18)14-7-11-16(12-8-14)21(3)4/h5-12H,1-4H3/p+1. The zero-order chi connectivity index (χ0) is 17.3. The molecule has 0 amide bonds. The number of aliphatic hydroxyl groups excluding tert-OH is 1. The van der Waals surface area contributed by atoms with Crippen LogP contribution in [-0.2, 0) is 0 Å². The van der Waals surface area contributed by atoms with Gasteiger partial charge in [0.15, 0.2) is 5.71 Å². The molecule has 0 fully saturated rings. The van der Waals surface area contributed by atoms with Crippen LogP contribution in [0.1, 0.15) is 5.56 Å². The lowest BCUT2D eigenvalue weighted by molar-refractivity contribution is -0.462. The van der Waals surface area contributed by atoms with Crippen LogP contribution < -0.4 is 4.90 Å². The Morgan fingerprint density at radius 3 is 2.00 bits per heavy atom. The van der Waals surface area contributed by atoms with Gasteiger partial charge in [0.05, 0.1) is 9.81 Å². The third-order valence-corrected chi connectivity index (χ3v) is 6.46. The van der Waals surface area contributed by atoms with Gasteiger partial charge in [-0.1, -0.05) is 12.1 Å². The van der Waals surface area contributed by atoms with Crippen molar-refractivity contribution in [1.29, 1.82) is 0 Å².